The molecular formula is C12H19NO3S. The summed E-state index contributed by atoms with van der Waals surface area (Å²) >= 11 is 1.51. The van der Waals surface area contributed by atoms with Crippen molar-refractivity contribution in [3.8, 4) is 0 Å². The van der Waals surface area contributed by atoms with Gasteiger partial charge in [0.05, 0.1) is 18.1 Å². The number of amides is 1. The first-order chi connectivity index (χ1) is 8.24. The first-order valence-electron chi connectivity index (χ1n) is 5.65. The van der Waals surface area contributed by atoms with Gasteiger partial charge in [-0.25, -0.2) is 0 Å². The number of methoxy groups -OCH3 is 1. The van der Waals surface area contributed by atoms with Crippen molar-refractivity contribution in [2.75, 3.05) is 33.5 Å². The third kappa shape index (κ3) is 5.81. The summed E-state index contributed by atoms with van der Waals surface area (Å²) < 4.78 is 10.1. The summed E-state index contributed by atoms with van der Waals surface area (Å²) in [6.07, 6.45) is 0.819. The molecule has 5 heteroatoms. The van der Waals surface area contributed by atoms with Crippen molar-refractivity contribution in [1.82, 2.24) is 5.32 Å². The van der Waals surface area contributed by atoms with E-state index in [0.29, 0.717) is 26.4 Å². The van der Waals surface area contributed by atoms with E-state index in [4.69, 9.17) is 9.47 Å². The van der Waals surface area contributed by atoms with E-state index in [1.54, 1.807) is 7.11 Å². The minimum Gasteiger partial charge on any atom is -0.382 e. The molecule has 1 amide bonds. The van der Waals surface area contributed by atoms with Crippen molar-refractivity contribution >= 4 is 17.2 Å². The van der Waals surface area contributed by atoms with Crippen molar-refractivity contribution in [3.05, 3.63) is 21.9 Å². The van der Waals surface area contributed by atoms with Gasteiger partial charge in [0.15, 0.2) is 0 Å². The predicted molar refractivity (Wildman–Crippen MR) is 68.7 cm³/mol. The normalized spacial score (nSPS) is 10.5. The first kappa shape index (κ1) is 14.2. The number of ether oxygens (including phenoxy) is 2. The molecule has 0 aromatic carbocycles. The second-order valence-electron chi connectivity index (χ2n) is 3.62. The van der Waals surface area contributed by atoms with Gasteiger partial charge in [0.2, 0.25) is 0 Å². The fourth-order valence-corrected chi connectivity index (χ4v) is 2.05. The van der Waals surface area contributed by atoms with Crippen LogP contribution in [0.4, 0.5) is 0 Å². The van der Waals surface area contributed by atoms with Crippen molar-refractivity contribution in [2.45, 2.75) is 13.3 Å². The fraction of sp³-hybridized carbons (Fsp3) is 0.583. The lowest BCUT2D eigenvalue weighted by molar-refractivity contribution is 0.0688. The van der Waals surface area contributed by atoms with Gasteiger partial charge in [-0.15, -0.1) is 11.3 Å². The summed E-state index contributed by atoms with van der Waals surface area (Å²) in [5.41, 5.74) is 0. The van der Waals surface area contributed by atoms with Gasteiger partial charge in [0.25, 0.3) is 5.91 Å². The molecule has 0 bridgehead atoms. The predicted octanol–water partition coefficient (Wildman–Crippen LogP) is 1.84. The van der Waals surface area contributed by atoms with Crippen molar-refractivity contribution < 1.29 is 14.3 Å². The molecule has 1 aromatic rings. The summed E-state index contributed by atoms with van der Waals surface area (Å²) in [6, 6.07) is 3.80. The summed E-state index contributed by atoms with van der Waals surface area (Å²) in [7, 11) is 1.65. The quantitative estimate of drug-likeness (QED) is 0.723. The van der Waals surface area contributed by atoms with E-state index in [2.05, 4.69) is 5.32 Å². The van der Waals surface area contributed by atoms with Gasteiger partial charge in [0, 0.05) is 25.1 Å². The number of thiophene rings is 1. The average Bonchev–Trinajstić information content (AvgIpc) is 2.74. The molecule has 17 heavy (non-hydrogen) atoms. The molecule has 0 fully saturated rings. The zero-order chi connectivity index (χ0) is 12.5. The number of nitrogens with one attached hydrogen (secondary N) is 1. The number of hydrogen-bond donors (Lipinski definition) is 1. The topological polar surface area (TPSA) is 47.6 Å². The number of rotatable bonds is 8. The highest BCUT2D eigenvalue weighted by atomic mass is 32.1. The Labute approximate surface area is 106 Å². The molecule has 0 atom stereocenters. The number of aryl methyl sites for hydroxylation is 1. The molecule has 0 saturated heterocycles. The molecule has 0 aliphatic rings. The molecule has 0 radical (unpaired) electrons. The van der Waals surface area contributed by atoms with Crippen LogP contribution in [0.3, 0.4) is 0 Å². The van der Waals surface area contributed by atoms with Crippen LogP contribution in [0.1, 0.15) is 21.0 Å². The van der Waals surface area contributed by atoms with Crippen LogP contribution >= 0.6 is 11.3 Å². The largest absolute Gasteiger partial charge is 0.382 e. The van der Waals surface area contributed by atoms with E-state index in [9.17, 15) is 4.79 Å². The average molecular weight is 257 g/mol. The minimum atomic E-state index is -0.00000785. The van der Waals surface area contributed by atoms with Crippen LogP contribution in [-0.2, 0) is 9.47 Å². The Bertz CT molecular complexity index is 338. The second kappa shape index (κ2) is 8.22. The number of hydrogen-bond acceptors (Lipinski definition) is 4. The summed E-state index contributed by atoms with van der Waals surface area (Å²) in [4.78, 5) is 13.5. The summed E-state index contributed by atoms with van der Waals surface area (Å²) in [6.45, 7) is 4.50. The zero-order valence-electron chi connectivity index (χ0n) is 10.3. The maximum Gasteiger partial charge on any atom is 0.261 e. The van der Waals surface area contributed by atoms with Crippen LogP contribution in [-0.4, -0.2) is 39.4 Å². The van der Waals surface area contributed by atoms with Crippen LogP contribution in [0.5, 0.6) is 0 Å². The van der Waals surface area contributed by atoms with Crippen LogP contribution in [0.2, 0.25) is 0 Å². The molecule has 0 saturated carbocycles. The van der Waals surface area contributed by atoms with E-state index in [0.717, 1.165) is 16.2 Å². The summed E-state index contributed by atoms with van der Waals surface area (Å²) in [5, 5.41) is 2.86. The maximum atomic E-state index is 11.6. The van der Waals surface area contributed by atoms with Crippen LogP contribution in [0.15, 0.2) is 12.1 Å². The molecule has 4 nitrogen and oxygen atoms in total. The maximum absolute atomic E-state index is 11.6. The molecule has 0 unspecified atom stereocenters. The zero-order valence-corrected chi connectivity index (χ0v) is 11.1. The molecule has 96 valence electrons. The Morgan fingerprint density at radius 1 is 1.35 bits per heavy atom. The third-order valence-electron chi connectivity index (χ3n) is 2.15. The minimum absolute atomic E-state index is 0.00000785. The smallest absolute Gasteiger partial charge is 0.261 e. The van der Waals surface area contributed by atoms with Gasteiger partial charge >= 0.3 is 0 Å². The molecule has 1 N–H and O–H groups in total. The van der Waals surface area contributed by atoms with E-state index >= 15 is 0 Å². The van der Waals surface area contributed by atoms with Crippen LogP contribution in [0.25, 0.3) is 0 Å². The van der Waals surface area contributed by atoms with Crippen LogP contribution in [0, 0.1) is 6.92 Å². The lowest BCUT2D eigenvalue weighted by Crippen LogP contribution is -2.24. The van der Waals surface area contributed by atoms with Crippen molar-refractivity contribution in [2.24, 2.45) is 0 Å². The highest BCUT2D eigenvalue weighted by Gasteiger charge is 2.06. The molecule has 0 aliphatic heterocycles. The van der Waals surface area contributed by atoms with Gasteiger partial charge < -0.3 is 14.8 Å². The molecule has 1 aromatic heterocycles. The Morgan fingerprint density at radius 3 is 2.82 bits per heavy atom. The molecule has 1 rings (SSSR count). The Kier molecular flexibility index (Phi) is 6.84. The van der Waals surface area contributed by atoms with Gasteiger partial charge in [-0.3, -0.25) is 4.79 Å². The van der Waals surface area contributed by atoms with Crippen LogP contribution < -0.4 is 5.32 Å². The van der Waals surface area contributed by atoms with Crippen molar-refractivity contribution in [1.29, 1.82) is 0 Å². The summed E-state index contributed by atoms with van der Waals surface area (Å²) in [5.74, 6) is -0.00000785. The lowest BCUT2D eigenvalue weighted by atomic mass is 10.4. The standard InChI is InChI=1S/C12H19NO3S/c1-10-4-5-11(17-10)12(14)13-6-3-7-16-9-8-15-2/h4-5H,3,6-9H2,1-2H3,(H,13,14). The molecule has 0 aliphatic carbocycles. The Morgan fingerprint density at radius 2 is 2.18 bits per heavy atom. The third-order valence-corrected chi connectivity index (χ3v) is 3.15. The van der Waals surface area contributed by atoms with Gasteiger partial charge in [-0.2, -0.15) is 0 Å². The SMILES string of the molecule is COCCOCCCNC(=O)c1ccc(C)s1. The van der Waals surface area contributed by atoms with Crippen molar-refractivity contribution in [3.63, 3.8) is 0 Å². The van der Waals surface area contributed by atoms with E-state index in [1.807, 2.05) is 19.1 Å². The second-order valence-corrected chi connectivity index (χ2v) is 4.91. The molecular weight excluding hydrogens is 238 g/mol. The van der Waals surface area contributed by atoms with E-state index < -0.39 is 0 Å². The van der Waals surface area contributed by atoms with Gasteiger partial charge in [-0.05, 0) is 25.5 Å². The highest BCUT2D eigenvalue weighted by Crippen LogP contribution is 2.14. The number of carbonyl (C=O) groups excluding carboxylic acids is 1. The van der Waals surface area contributed by atoms with E-state index in [-0.39, 0.29) is 5.91 Å². The molecule has 0 spiro atoms. The highest BCUT2D eigenvalue weighted by molar-refractivity contribution is 7.13. The fourth-order valence-electron chi connectivity index (χ4n) is 1.26. The van der Waals surface area contributed by atoms with E-state index in [1.165, 1.54) is 11.3 Å². The first-order valence-corrected chi connectivity index (χ1v) is 6.47. The van der Waals surface area contributed by atoms with Gasteiger partial charge in [-0.1, -0.05) is 0 Å². The monoisotopic (exact) mass is 257 g/mol. The molecule has 1 heterocycles. The Balaban J connectivity index is 2.05. The Hall–Kier alpha value is -0.910. The number of carbonyl (C=O) groups is 1. The van der Waals surface area contributed by atoms with Gasteiger partial charge in [0.1, 0.15) is 0 Å². The lowest BCUT2D eigenvalue weighted by Gasteiger charge is -2.04.